The van der Waals surface area contributed by atoms with Gasteiger partial charge in [-0.15, -0.1) is 0 Å². The Labute approximate surface area is 128 Å². The standard InChI is InChI=1S/C14H17Cl2NO3/c1-14(8-19-9-14)7-17-13(18)4-5-20-10-2-3-11(15)12(16)6-10/h2-3,6H,4-5,7-9H2,1H3,(H,17,18). The molecule has 20 heavy (non-hydrogen) atoms. The van der Waals surface area contributed by atoms with Crippen LogP contribution in [0.15, 0.2) is 18.2 Å². The fraction of sp³-hybridized carbons (Fsp3) is 0.500. The summed E-state index contributed by atoms with van der Waals surface area (Å²) in [6.07, 6.45) is 0.303. The first-order valence-electron chi connectivity index (χ1n) is 6.41. The number of carbonyl (C=O) groups excluding carboxylic acids is 1. The van der Waals surface area contributed by atoms with E-state index < -0.39 is 0 Å². The Morgan fingerprint density at radius 3 is 2.75 bits per heavy atom. The molecule has 0 bridgehead atoms. The molecular formula is C14H17Cl2NO3. The lowest BCUT2D eigenvalue weighted by atomic mass is 9.89. The van der Waals surface area contributed by atoms with E-state index in [4.69, 9.17) is 32.7 Å². The van der Waals surface area contributed by atoms with Crippen molar-refractivity contribution in [1.82, 2.24) is 5.32 Å². The molecule has 1 aliphatic rings. The topological polar surface area (TPSA) is 47.6 Å². The molecule has 1 saturated heterocycles. The zero-order valence-electron chi connectivity index (χ0n) is 11.2. The van der Waals surface area contributed by atoms with Crippen LogP contribution in [-0.4, -0.2) is 32.3 Å². The number of hydrogen-bond donors (Lipinski definition) is 1. The van der Waals surface area contributed by atoms with Gasteiger partial charge in [0.1, 0.15) is 5.75 Å². The van der Waals surface area contributed by atoms with Gasteiger partial charge in [-0.2, -0.15) is 0 Å². The van der Waals surface area contributed by atoms with Gasteiger partial charge in [-0.1, -0.05) is 30.1 Å². The van der Waals surface area contributed by atoms with Crippen molar-refractivity contribution in [3.05, 3.63) is 28.2 Å². The fourth-order valence-corrected chi connectivity index (χ4v) is 2.07. The Morgan fingerprint density at radius 1 is 1.40 bits per heavy atom. The molecule has 0 unspecified atom stereocenters. The van der Waals surface area contributed by atoms with Crippen LogP contribution in [0.4, 0.5) is 0 Å². The third-order valence-corrected chi connectivity index (χ3v) is 3.84. The summed E-state index contributed by atoms with van der Waals surface area (Å²) in [6, 6.07) is 5.02. The van der Waals surface area contributed by atoms with Gasteiger partial charge in [-0.05, 0) is 12.1 Å². The summed E-state index contributed by atoms with van der Waals surface area (Å²) in [7, 11) is 0. The summed E-state index contributed by atoms with van der Waals surface area (Å²) < 4.78 is 10.6. The van der Waals surface area contributed by atoms with Crippen LogP contribution in [0.3, 0.4) is 0 Å². The molecule has 0 aromatic heterocycles. The largest absolute Gasteiger partial charge is 0.493 e. The van der Waals surface area contributed by atoms with Gasteiger partial charge < -0.3 is 14.8 Å². The lowest BCUT2D eigenvalue weighted by molar-refractivity contribution is -0.127. The highest BCUT2D eigenvalue weighted by atomic mass is 35.5. The minimum atomic E-state index is -0.0295. The van der Waals surface area contributed by atoms with Gasteiger partial charge in [0.25, 0.3) is 0 Å². The molecule has 1 aromatic carbocycles. The summed E-state index contributed by atoms with van der Waals surface area (Å²) in [5.74, 6) is 0.574. The SMILES string of the molecule is CC1(CNC(=O)CCOc2ccc(Cl)c(Cl)c2)COC1. The van der Waals surface area contributed by atoms with Gasteiger partial charge in [0, 0.05) is 18.0 Å². The van der Waals surface area contributed by atoms with Crippen LogP contribution in [0.1, 0.15) is 13.3 Å². The normalized spacial score (nSPS) is 16.4. The van der Waals surface area contributed by atoms with Crippen LogP contribution < -0.4 is 10.1 Å². The first-order chi connectivity index (χ1) is 9.48. The number of amides is 1. The maximum absolute atomic E-state index is 11.7. The number of nitrogens with one attached hydrogen (secondary N) is 1. The van der Waals surface area contributed by atoms with Gasteiger partial charge in [0.2, 0.25) is 5.91 Å². The first-order valence-corrected chi connectivity index (χ1v) is 7.16. The minimum absolute atomic E-state index is 0.0295. The van der Waals surface area contributed by atoms with Crippen molar-refractivity contribution in [2.75, 3.05) is 26.4 Å². The van der Waals surface area contributed by atoms with Crippen molar-refractivity contribution < 1.29 is 14.3 Å². The average molecular weight is 318 g/mol. The van der Waals surface area contributed by atoms with Crippen LogP contribution in [0.25, 0.3) is 0 Å². The monoisotopic (exact) mass is 317 g/mol. The summed E-state index contributed by atoms with van der Waals surface area (Å²) in [4.78, 5) is 11.7. The fourth-order valence-electron chi connectivity index (χ4n) is 1.78. The maximum atomic E-state index is 11.7. The first kappa shape index (κ1) is 15.4. The van der Waals surface area contributed by atoms with E-state index in [1.165, 1.54) is 0 Å². The molecule has 0 radical (unpaired) electrons. The van der Waals surface area contributed by atoms with E-state index in [1.807, 2.05) is 0 Å². The second-order valence-electron chi connectivity index (χ2n) is 5.25. The molecule has 110 valence electrons. The van der Waals surface area contributed by atoms with Gasteiger partial charge in [-0.25, -0.2) is 0 Å². The summed E-state index contributed by atoms with van der Waals surface area (Å²) >= 11 is 11.7. The summed E-state index contributed by atoms with van der Waals surface area (Å²) in [5.41, 5.74) is 0.0836. The van der Waals surface area contributed by atoms with E-state index in [2.05, 4.69) is 12.2 Å². The zero-order chi connectivity index (χ0) is 14.6. The third-order valence-electron chi connectivity index (χ3n) is 3.10. The molecule has 1 heterocycles. The highest BCUT2D eigenvalue weighted by Gasteiger charge is 2.33. The molecule has 0 aliphatic carbocycles. The lowest BCUT2D eigenvalue weighted by Gasteiger charge is -2.38. The van der Waals surface area contributed by atoms with Crippen molar-refractivity contribution in [3.63, 3.8) is 0 Å². The van der Waals surface area contributed by atoms with Gasteiger partial charge >= 0.3 is 0 Å². The van der Waals surface area contributed by atoms with Crippen LogP contribution >= 0.6 is 23.2 Å². The molecular weight excluding hydrogens is 301 g/mol. The Hall–Kier alpha value is -0.970. The van der Waals surface area contributed by atoms with E-state index in [-0.39, 0.29) is 11.3 Å². The van der Waals surface area contributed by atoms with E-state index in [0.717, 1.165) is 0 Å². The highest BCUT2D eigenvalue weighted by Crippen LogP contribution is 2.26. The van der Waals surface area contributed by atoms with Crippen LogP contribution in [0, 0.1) is 5.41 Å². The second kappa shape index (κ2) is 6.66. The molecule has 1 aromatic rings. The van der Waals surface area contributed by atoms with Gasteiger partial charge in [0.15, 0.2) is 0 Å². The highest BCUT2D eigenvalue weighted by molar-refractivity contribution is 6.42. The predicted molar refractivity (Wildman–Crippen MR) is 78.5 cm³/mol. The van der Waals surface area contributed by atoms with Crippen LogP contribution in [0.5, 0.6) is 5.75 Å². The van der Waals surface area contributed by atoms with E-state index >= 15 is 0 Å². The van der Waals surface area contributed by atoms with E-state index in [0.29, 0.717) is 48.6 Å². The predicted octanol–water partition coefficient (Wildman–Crippen LogP) is 2.92. The number of rotatable bonds is 6. The van der Waals surface area contributed by atoms with Crippen molar-refractivity contribution in [2.24, 2.45) is 5.41 Å². The number of carbonyl (C=O) groups is 1. The summed E-state index contributed by atoms with van der Waals surface area (Å²) in [5, 5.41) is 3.80. The van der Waals surface area contributed by atoms with Gasteiger partial charge in [0.05, 0.1) is 36.3 Å². The molecule has 4 nitrogen and oxygen atoms in total. The lowest BCUT2D eigenvalue weighted by Crippen LogP contribution is -2.48. The van der Waals surface area contributed by atoms with Crippen LogP contribution in [0.2, 0.25) is 10.0 Å². The second-order valence-corrected chi connectivity index (χ2v) is 6.07. The summed E-state index contributed by atoms with van der Waals surface area (Å²) in [6.45, 7) is 4.43. The van der Waals surface area contributed by atoms with Crippen molar-refractivity contribution in [1.29, 1.82) is 0 Å². The van der Waals surface area contributed by atoms with E-state index in [1.54, 1.807) is 18.2 Å². The van der Waals surface area contributed by atoms with Crippen molar-refractivity contribution in [2.45, 2.75) is 13.3 Å². The maximum Gasteiger partial charge on any atom is 0.223 e. The quantitative estimate of drug-likeness (QED) is 0.877. The minimum Gasteiger partial charge on any atom is -0.493 e. The Morgan fingerprint density at radius 2 is 2.15 bits per heavy atom. The Kier molecular flexibility index (Phi) is 5.13. The molecule has 1 N–H and O–H groups in total. The van der Waals surface area contributed by atoms with Crippen LogP contribution in [-0.2, 0) is 9.53 Å². The number of halogens is 2. The van der Waals surface area contributed by atoms with Crippen molar-refractivity contribution >= 4 is 29.1 Å². The number of hydrogen-bond acceptors (Lipinski definition) is 3. The molecule has 1 fully saturated rings. The Balaban J connectivity index is 1.67. The average Bonchev–Trinajstić information content (AvgIpc) is 2.38. The smallest absolute Gasteiger partial charge is 0.223 e. The zero-order valence-corrected chi connectivity index (χ0v) is 12.8. The molecule has 6 heteroatoms. The third kappa shape index (κ3) is 4.27. The molecule has 0 spiro atoms. The van der Waals surface area contributed by atoms with Gasteiger partial charge in [-0.3, -0.25) is 4.79 Å². The van der Waals surface area contributed by atoms with Crippen molar-refractivity contribution in [3.8, 4) is 5.75 Å². The molecule has 0 atom stereocenters. The Bertz CT molecular complexity index is 489. The molecule has 2 rings (SSSR count). The molecule has 1 aliphatic heterocycles. The molecule has 0 saturated carbocycles. The van der Waals surface area contributed by atoms with E-state index in [9.17, 15) is 4.79 Å². The number of benzene rings is 1. The number of ether oxygens (including phenoxy) is 2. The molecule has 1 amide bonds.